The van der Waals surface area contributed by atoms with Crippen LogP contribution in [0.25, 0.3) is 0 Å². The first-order valence-corrected chi connectivity index (χ1v) is 9.81. The largest absolute Gasteiger partial charge is 0.352 e. The summed E-state index contributed by atoms with van der Waals surface area (Å²) in [6.45, 7) is 4.79. The van der Waals surface area contributed by atoms with Crippen molar-refractivity contribution in [2.24, 2.45) is 5.92 Å². The van der Waals surface area contributed by atoms with Gasteiger partial charge in [0.2, 0.25) is 0 Å². The predicted molar refractivity (Wildman–Crippen MR) is 100 cm³/mol. The number of halogens is 1. The van der Waals surface area contributed by atoms with Crippen molar-refractivity contribution in [2.75, 3.05) is 11.3 Å². The van der Waals surface area contributed by atoms with Crippen molar-refractivity contribution in [1.29, 1.82) is 0 Å². The van der Waals surface area contributed by atoms with Crippen molar-refractivity contribution < 1.29 is 13.2 Å². The number of carbonyl (C=O) groups is 1. The highest BCUT2D eigenvalue weighted by Gasteiger charge is 2.14. The van der Waals surface area contributed by atoms with Crippen LogP contribution in [0.2, 0.25) is 5.02 Å². The monoisotopic (exact) mass is 380 g/mol. The Bertz CT molecular complexity index is 816. The summed E-state index contributed by atoms with van der Waals surface area (Å²) in [4.78, 5) is 12.1. The molecule has 0 aliphatic heterocycles. The van der Waals surface area contributed by atoms with Gasteiger partial charge in [-0.25, -0.2) is 8.42 Å². The summed E-state index contributed by atoms with van der Waals surface area (Å²) in [6.07, 6.45) is 0.907. The van der Waals surface area contributed by atoms with Crippen LogP contribution in [0.1, 0.15) is 30.6 Å². The first-order valence-electron chi connectivity index (χ1n) is 7.94. The summed E-state index contributed by atoms with van der Waals surface area (Å²) in [6, 6.07) is 12.2. The van der Waals surface area contributed by atoms with Crippen molar-refractivity contribution in [3.05, 3.63) is 59.1 Å². The molecule has 0 heterocycles. The molecule has 2 N–H and O–H groups in total. The van der Waals surface area contributed by atoms with Crippen LogP contribution in [0.4, 0.5) is 5.69 Å². The van der Waals surface area contributed by atoms with Gasteiger partial charge in [-0.3, -0.25) is 9.52 Å². The SMILES string of the molecule is CC(C)CCNC(=O)c1ccc(NS(=O)(=O)c2ccc(Cl)cc2)cc1. The molecule has 5 nitrogen and oxygen atoms in total. The number of carbonyl (C=O) groups excluding carboxylic acids is 1. The normalized spacial score (nSPS) is 11.4. The van der Waals surface area contributed by atoms with Gasteiger partial charge < -0.3 is 5.32 Å². The Hall–Kier alpha value is -2.05. The van der Waals surface area contributed by atoms with Crippen LogP contribution >= 0.6 is 11.6 Å². The van der Waals surface area contributed by atoms with Gasteiger partial charge in [-0.2, -0.15) is 0 Å². The average molecular weight is 381 g/mol. The zero-order valence-electron chi connectivity index (χ0n) is 14.1. The van der Waals surface area contributed by atoms with Gasteiger partial charge >= 0.3 is 0 Å². The minimum Gasteiger partial charge on any atom is -0.352 e. The molecule has 0 bridgehead atoms. The van der Waals surface area contributed by atoms with E-state index >= 15 is 0 Å². The van der Waals surface area contributed by atoms with Crippen molar-refractivity contribution >= 4 is 33.2 Å². The van der Waals surface area contributed by atoms with Gasteiger partial charge in [0.25, 0.3) is 15.9 Å². The Labute approximate surface area is 153 Å². The smallest absolute Gasteiger partial charge is 0.261 e. The minimum atomic E-state index is -3.70. The molecule has 2 aromatic carbocycles. The van der Waals surface area contributed by atoms with Gasteiger partial charge in [0, 0.05) is 22.8 Å². The fourth-order valence-corrected chi connectivity index (χ4v) is 3.28. The van der Waals surface area contributed by atoms with E-state index in [2.05, 4.69) is 23.9 Å². The van der Waals surface area contributed by atoms with Crippen LogP contribution in [0.15, 0.2) is 53.4 Å². The van der Waals surface area contributed by atoms with Crippen LogP contribution in [0, 0.1) is 5.92 Å². The molecule has 0 spiro atoms. The van der Waals surface area contributed by atoms with Gasteiger partial charge in [0.15, 0.2) is 0 Å². The molecule has 0 atom stereocenters. The molecular weight excluding hydrogens is 360 g/mol. The first-order chi connectivity index (χ1) is 11.8. The van der Waals surface area contributed by atoms with Crippen molar-refractivity contribution in [3.8, 4) is 0 Å². The second-order valence-corrected chi connectivity index (χ2v) is 8.19. The lowest BCUT2D eigenvalue weighted by atomic mass is 10.1. The quantitative estimate of drug-likeness (QED) is 0.764. The fourth-order valence-electron chi connectivity index (χ4n) is 2.09. The van der Waals surface area contributed by atoms with Gasteiger partial charge in [-0.15, -0.1) is 0 Å². The second kappa shape index (κ2) is 8.36. The average Bonchev–Trinajstić information content (AvgIpc) is 2.55. The van der Waals surface area contributed by atoms with Gasteiger partial charge in [0.05, 0.1) is 4.90 Å². The molecule has 25 heavy (non-hydrogen) atoms. The van der Waals surface area contributed by atoms with Crippen molar-refractivity contribution in [3.63, 3.8) is 0 Å². The molecule has 0 aliphatic carbocycles. The standard InChI is InChI=1S/C18H21ClN2O3S/c1-13(2)11-12-20-18(22)14-3-7-16(8-4-14)21-25(23,24)17-9-5-15(19)6-10-17/h3-10,13,21H,11-12H2,1-2H3,(H,20,22). The Morgan fingerprint density at radius 2 is 1.64 bits per heavy atom. The Balaban J connectivity index is 2.02. The number of rotatable bonds is 7. The first kappa shape index (κ1) is 19.3. The minimum absolute atomic E-state index is 0.118. The maximum atomic E-state index is 12.3. The third-order valence-corrected chi connectivity index (χ3v) is 5.18. The summed E-state index contributed by atoms with van der Waals surface area (Å²) in [5.74, 6) is 0.345. The van der Waals surface area contributed by atoms with E-state index < -0.39 is 10.0 Å². The topological polar surface area (TPSA) is 75.3 Å². The van der Waals surface area contributed by atoms with Crippen LogP contribution < -0.4 is 10.0 Å². The van der Waals surface area contributed by atoms with E-state index in [9.17, 15) is 13.2 Å². The molecule has 1 amide bonds. The van der Waals surface area contributed by atoms with E-state index in [0.29, 0.717) is 28.7 Å². The molecule has 0 unspecified atom stereocenters. The van der Waals surface area contributed by atoms with Crippen LogP contribution in [0.3, 0.4) is 0 Å². The molecule has 0 saturated carbocycles. The molecule has 2 rings (SSSR count). The van der Waals surface area contributed by atoms with Crippen LogP contribution in [-0.2, 0) is 10.0 Å². The summed E-state index contributed by atoms with van der Waals surface area (Å²) in [7, 11) is -3.70. The number of nitrogens with one attached hydrogen (secondary N) is 2. The lowest BCUT2D eigenvalue weighted by Crippen LogP contribution is -2.25. The van der Waals surface area contributed by atoms with Gasteiger partial charge in [0.1, 0.15) is 0 Å². The summed E-state index contributed by atoms with van der Waals surface area (Å²) >= 11 is 5.77. The Kier molecular flexibility index (Phi) is 6.45. The molecular formula is C18H21ClN2O3S. The van der Waals surface area contributed by atoms with Gasteiger partial charge in [-0.1, -0.05) is 25.4 Å². The molecule has 0 aromatic heterocycles. The van der Waals surface area contributed by atoms with E-state index in [1.807, 2.05) is 0 Å². The Morgan fingerprint density at radius 3 is 2.20 bits per heavy atom. The molecule has 0 fully saturated rings. The lowest BCUT2D eigenvalue weighted by molar-refractivity contribution is 0.0952. The third-order valence-electron chi connectivity index (χ3n) is 3.53. The van der Waals surface area contributed by atoms with Crippen molar-refractivity contribution in [1.82, 2.24) is 5.32 Å². The predicted octanol–water partition coefficient (Wildman–Crippen LogP) is 3.92. The number of sulfonamides is 1. The highest BCUT2D eigenvalue weighted by atomic mass is 35.5. The molecule has 2 aromatic rings. The summed E-state index contributed by atoms with van der Waals surface area (Å²) in [5.41, 5.74) is 0.867. The molecule has 134 valence electrons. The highest BCUT2D eigenvalue weighted by molar-refractivity contribution is 7.92. The maximum absolute atomic E-state index is 12.3. The van der Waals surface area contributed by atoms with Crippen LogP contribution in [-0.4, -0.2) is 20.9 Å². The number of hydrogen-bond donors (Lipinski definition) is 2. The van der Waals surface area contributed by atoms with E-state index in [4.69, 9.17) is 11.6 Å². The van der Waals surface area contributed by atoms with Crippen molar-refractivity contribution in [2.45, 2.75) is 25.2 Å². The van der Waals surface area contributed by atoms with E-state index in [1.165, 1.54) is 24.3 Å². The van der Waals surface area contributed by atoms with E-state index in [-0.39, 0.29) is 10.8 Å². The number of anilines is 1. The molecule has 0 aliphatic rings. The Morgan fingerprint density at radius 1 is 1.04 bits per heavy atom. The maximum Gasteiger partial charge on any atom is 0.261 e. The zero-order chi connectivity index (χ0) is 18.4. The lowest BCUT2D eigenvalue weighted by Gasteiger charge is -2.10. The number of amides is 1. The van der Waals surface area contributed by atoms with E-state index in [0.717, 1.165) is 6.42 Å². The summed E-state index contributed by atoms with van der Waals surface area (Å²) in [5, 5.41) is 3.30. The number of benzene rings is 2. The molecule has 7 heteroatoms. The zero-order valence-corrected chi connectivity index (χ0v) is 15.7. The van der Waals surface area contributed by atoms with E-state index in [1.54, 1.807) is 24.3 Å². The molecule has 0 saturated heterocycles. The van der Waals surface area contributed by atoms with Crippen LogP contribution in [0.5, 0.6) is 0 Å². The highest BCUT2D eigenvalue weighted by Crippen LogP contribution is 2.18. The second-order valence-electron chi connectivity index (χ2n) is 6.08. The third kappa shape index (κ3) is 5.76. The fraction of sp³-hybridized carbons (Fsp3) is 0.278. The van der Waals surface area contributed by atoms with Gasteiger partial charge in [-0.05, 0) is 60.9 Å². The number of hydrogen-bond acceptors (Lipinski definition) is 3. The summed E-state index contributed by atoms with van der Waals surface area (Å²) < 4.78 is 27.1. The molecule has 0 radical (unpaired) electrons.